The predicted molar refractivity (Wildman–Crippen MR) is 217 cm³/mol. The van der Waals surface area contributed by atoms with Crippen LogP contribution in [0.4, 0.5) is 0 Å². The molecule has 4 N–H and O–H groups in total. The molecule has 0 radical (unpaired) electrons. The van der Waals surface area contributed by atoms with E-state index in [1.165, 1.54) is 6.92 Å². The smallest absolute Gasteiger partial charge is 0.332 e. The van der Waals surface area contributed by atoms with Gasteiger partial charge in [0.1, 0.15) is 30.6 Å². The number of hydrogen-bond acceptors (Lipinski definition) is 13. The van der Waals surface area contributed by atoms with Crippen molar-refractivity contribution in [2.45, 2.75) is 167 Å². The Bertz CT molecular complexity index is 1550. The Morgan fingerprint density at radius 2 is 1.66 bits per heavy atom. The van der Waals surface area contributed by atoms with Gasteiger partial charge in [-0.15, -0.1) is 6.58 Å². The summed E-state index contributed by atoms with van der Waals surface area (Å²) in [6.07, 6.45) is 3.91. The summed E-state index contributed by atoms with van der Waals surface area (Å²) in [4.78, 5) is 69.1. The van der Waals surface area contributed by atoms with Crippen LogP contribution in [-0.4, -0.2) is 123 Å². The Labute approximate surface area is 349 Å². The van der Waals surface area contributed by atoms with Crippen LogP contribution in [0.3, 0.4) is 0 Å². The van der Waals surface area contributed by atoms with Gasteiger partial charge < -0.3 is 44.3 Å². The van der Waals surface area contributed by atoms with Crippen molar-refractivity contribution in [1.82, 2.24) is 4.90 Å². The number of carbonyl (C=O) groups is 5. The van der Waals surface area contributed by atoms with Crippen LogP contribution in [0.2, 0.25) is 0 Å². The minimum absolute atomic E-state index is 0.0334. The number of hydrogen-bond donors (Lipinski definition) is 4. The number of carbonyl (C=O) groups excluding carboxylic acids is 5. The Kier molecular flexibility index (Phi) is 18.1. The molecule has 0 aromatic carbocycles. The van der Waals surface area contributed by atoms with Crippen LogP contribution in [-0.2, 0) is 42.9 Å². The van der Waals surface area contributed by atoms with Crippen molar-refractivity contribution in [3.63, 3.8) is 0 Å². The number of aliphatic hydroxyl groups is 4. The topological polar surface area (TPSA) is 206 Å². The number of esters is 2. The zero-order chi connectivity index (χ0) is 43.6. The molecule has 0 aromatic rings. The standard InChI is InChI=1S/C45H69NO13/c1-8-12-32-20-26(3)19-27(4)21-37(49)41-38(50)23-29(6)45(55,59-41)42(52)43(53)46-18-11-10-13-34(46)44(54)58-40(30(7)35(47)24-36(32)48)28(5)22-31-14-16-33(17-15-31)57-25-39(51)56-9-2/h8,20,22,27,29-35,37-38,40-41,47,49-50,55H,1,9-19,21,23-25H2,2-7H3/b26-20+,28-22+/t27-,29+,30+,31-,32+,33-,34-,35-,37-,38-,40+,41+,45+/m0/s1. The van der Waals surface area contributed by atoms with Crippen LogP contribution >= 0.6 is 0 Å². The van der Waals surface area contributed by atoms with E-state index in [4.69, 9.17) is 18.9 Å². The predicted octanol–water partition coefficient (Wildman–Crippen LogP) is 4.29. The molecule has 14 heteroatoms. The summed E-state index contributed by atoms with van der Waals surface area (Å²) in [5.74, 6) is -9.00. The maximum atomic E-state index is 14.3. The number of Topliss-reactive ketones (excluding diaryl/α,β-unsaturated/α-hetero) is 2. The van der Waals surface area contributed by atoms with Crippen LogP contribution in [0.1, 0.15) is 119 Å². The third kappa shape index (κ3) is 12.6. The van der Waals surface area contributed by atoms with Gasteiger partial charge in [0.15, 0.2) is 0 Å². The summed E-state index contributed by atoms with van der Waals surface area (Å²) in [6, 6.07) is -1.19. The molecule has 4 aliphatic rings. The Morgan fingerprint density at radius 3 is 2.32 bits per heavy atom. The molecule has 1 saturated carbocycles. The van der Waals surface area contributed by atoms with E-state index in [9.17, 15) is 44.4 Å². The Balaban J connectivity index is 1.68. The molecule has 59 heavy (non-hydrogen) atoms. The van der Waals surface area contributed by atoms with Crippen molar-refractivity contribution in [3.8, 4) is 0 Å². The van der Waals surface area contributed by atoms with Crippen LogP contribution in [0.5, 0.6) is 0 Å². The molecular weight excluding hydrogens is 762 g/mol. The molecule has 0 unspecified atom stereocenters. The van der Waals surface area contributed by atoms with Gasteiger partial charge in [0.2, 0.25) is 5.79 Å². The number of ketones is 2. The number of piperidine rings is 1. The van der Waals surface area contributed by atoms with E-state index in [-0.39, 0.29) is 69.2 Å². The number of ether oxygens (including phenoxy) is 4. The first kappa shape index (κ1) is 48.4. The first-order chi connectivity index (χ1) is 27.9. The van der Waals surface area contributed by atoms with Gasteiger partial charge >= 0.3 is 11.9 Å². The summed E-state index contributed by atoms with van der Waals surface area (Å²) < 4.78 is 22.8. The summed E-state index contributed by atoms with van der Waals surface area (Å²) in [7, 11) is 0. The lowest BCUT2D eigenvalue weighted by molar-refractivity contribution is -0.298. The fourth-order valence-corrected chi connectivity index (χ4v) is 9.28. The zero-order valence-electron chi connectivity index (χ0n) is 35.9. The van der Waals surface area contributed by atoms with E-state index in [2.05, 4.69) is 6.58 Å². The zero-order valence-corrected chi connectivity index (χ0v) is 35.9. The highest BCUT2D eigenvalue weighted by Gasteiger charge is 2.56. The van der Waals surface area contributed by atoms with Crippen LogP contribution in [0, 0.1) is 29.6 Å². The Hall–Kier alpha value is -3.27. The van der Waals surface area contributed by atoms with E-state index in [0.29, 0.717) is 44.1 Å². The van der Waals surface area contributed by atoms with E-state index < -0.39 is 83.7 Å². The molecule has 3 fully saturated rings. The third-order valence-corrected chi connectivity index (χ3v) is 12.7. The SMILES string of the molecule is C=CC[C@@H]1/C=C(\C)C[C@H](C)C[C@H](O)[C@H]2O[C@@](O)(C(=O)C(=O)N3CCCC[C@H]3C(=O)O[C@H](/C(C)=C/[C@H]3CC[C@H](OCC(=O)OCC)CC3)[C@H](C)[C@@H](O)CC1=O)[C@H](C)C[C@@H]2O. The number of rotatable bonds is 8. The van der Waals surface area contributed by atoms with Crippen molar-refractivity contribution in [2.75, 3.05) is 19.8 Å². The van der Waals surface area contributed by atoms with E-state index in [1.54, 1.807) is 19.9 Å². The first-order valence-electron chi connectivity index (χ1n) is 21.7. The minimum Gasteiger partial charge on any atom is -0.464 e. The highest BCUT2D eigenvalue weighted by molar-refractivity contribution is 6.39. The fraction of sp³-hybridized carbons (Fsp3) is 0.756. The summed E-state index contributed by atoms with van der Waals surface area (Å²) >= 11 is 0. The van der Waals surface area contributed by atoms with Gasteiger partial charge in [-0.25, -0.2) is 9.59 Å². The summed E-state index contributed by atoms with van der Waals surface area (Å²) in [5, 5.41) is 45.7. The van der Waals surface area contributed by atoms with Gasteiger partial charge in [-0.2, -0.15) is 0 Å². The largest absolute Gasteiger partial charge is 0.464 e. The van der Waals surface area contributed by atoms with Crippen molar-refractivity contribution >= 4 is 29.4 Å². The van der Waals surface area contributed by atoms with Crippen molar-refractivity contribution in [2.24, 2.45) is 29.6 Å². The van der Waals surface area contributed by atoms with Crippen molar-refractivity contribution < 1.29 is 63.3 Å². The lowest BCUT2D eigenvalue weighted by Gasteiger charge is -2.45. The van der Waals surface area contributed by atoms with Gasteiger partial charge in [0.25, 0.3) is 11.7 Å². The molecular formula is C45H69NO13. The molecule has 0 spiro atoms. The molecule has 332 valence electrons. The van der Waals surface area contributed by atoms with Crippen LogP contribution in [0.25, 0.3) is 0 Å². The van der Waals surface area contributed by atoms with E-state index >= 15 is 0 Å². The number of aliphatic hydroxyl groups excluding tert-OH is 3. The molecule has 1 amide bonds. The number of fused-ring (bicyclic) bond motifs is 3. The van der Waals surface area contributed by atoms with Crippen molar-refractivity contribution in [1.29, 1.82) is 0 Å². The second-order valence-corrected chi connectivity index (χ2v) is 17.6. The molecule has 3 heterocycles. The second-order valence-electron chi connectivity index (χ2n) is 17.6. The van der Waals surface area contributed by atoms with Gasteiger partial charge in [-0.05, 0) is 109 Å². The molecule has 14 nitrogen and oxygen atoms in total. The molecule has 4 rings (SSSR count). The maximum Gasteiger partial charge on any atom is 0.332 e. The van der Waals surface area contributed by atoms with Gasteiger partial charge in [-0.1, -0.05) is 44.6 Å². The molecule has 2 saturated heterocycles. The highest BCUT2D eigenvalue weighted by atomic mass is 16.7. The monoisotopic (exact) mass is 831 g/mol. The van der Waals surface area contributed by atoms with Crippen LogP contribution < -0.4 is 0 Å². The van der Waals surface area contributed by atoms with Crippen LogP contribution in [0.15, 0.2) is 36.0 Å². The fourth-order valence-electron chi connectivity index (χ4n) is 9.28. The minimum atomic E-state index is -2.67. The summed E-state index contributed by atoms with van der Waals surface area (Å²) in [6.45, 7) is 14.5. The van der Waals surface area contributed by atoms with Gasteiger partial charge in [0, 0.05) is 30.7 Å². The lowest BCUT2D eigenvalue weighted by Crippen LogP contribution is -2.64. The molecule has 11 atom stereocenters. The van der Waals surface area contributed by atoms with E-state index in [0.717, 1.165) is 23.3 Å². The normalized spacial score (nSPS) is 38.6. The number of cyclic esters (lactones) is 1. The number of nitrogens with zero attached hydrogens (tertiary/aromatic N) is 1. The molecule has 1 aliphatic carbocycles. The molecule has 3 aliphatic heterocycles. The molecule has 2 bridgehead atoms. The second kappa shape index (κ2) is 22.0. The first-order valence-corrected chi connectivity index (χ1v) is 21.7. The number of allylic oxidation sites excluding steroid dienone is 4. The maximum absolute atomic E-state index is 14.3. The highest BCUT2D eigenvalue weighted by Crippen LogP contribution is 2.38. The van der Waals surface area contributed by atoms with Gasteiger partial charge in [-0.3, -0.25) is 14.4 Å². The lowest BCUT2D eigenvalue weighted by atomic mass is 9.82. The quantitative estimate of drug-likeness (QED) is 0.153. The summed E-state index contributed by atoms with van der Waals surface area (Å²) in [5.41, 5.74) is 1.52. The Morgan fingerprint density at radius 1 is 0.983 bits per heavy atom. The van der Waals surface area contributed by atoms with Gasteiger partial charge in [0.05, 0.1) is 31.0 Å². The number of amides is 1. The third-order valence-electron chi connectivity index (χ3n) is 12.7. The average Bonchev–Trinajstić information content (AvgIpc) is 3.19. The van der Waals surface area contributed by atoms with Crippen molar-refractivity contribution in [3.05, 3.63) is 36.0 Å². The molecule has 0 aromatic heterocycles. The average molecular weight is 832 g/mol. The van der Waals surface area contributed by atoms with E-state index in [1.807, 2.05) is 32.9 Å².